The summed E-state index contributed by atoms with van der Waals surface area (Å²) in [5, 5.41) is 2.89. The van der Waals surface area contributed by atoms with E-state index in [1.54, 1.807) is 12.4 Å². The van der Waals surface area contributed by atoms with Crippen LogP contribution in [-0.4, -0.2) is 47.0 Å². The molecule has 0 unspecified atom stereocenters. The number of amides is 1. The van der Waals surface area contributed by atoms with Crippen molar-refractivity contribution >= 4 is 22.6 Å². The largest absolute Gasteiger partial charge is 0.369 e. The summed E-state index contributed by atoms with van der Waals surface area (Å²) in [6, 6.07) is 12.6. The van der Waals surface area contributed by atoms with E-state index >= 15 is 0 Å². The minimum atomic E-state index is 0.0462. The van der Waals surface area contributed by atoms with E-state index in [9.17, 15) is 4.79 Å². The van der Waals surface area contributed by atoms with Gasteiger partial charge in [-0.15, -0.1) is 0 Å². The lowest BCUT2D eigenvalue weighted by Gasteiger charge is -2.36. The van der Waals surface area contributed by atoms with Gasteiger partial charge in [-0.3, -0.25) is 19.7 Å². The van der Waals surface area contributed by atoms with Gasteiger partial charge in [0.05, 0.1) is 11.0 Å². The lowest BCUT2D eigenvalue weighted by atomic mass is 10.1. The van der Waals surface area contributed by atoms with Gasteiger partial charge in [0.15, 0.2) is 0 Å². The molecule has 2 aromatic carbocycles. The number of hydrogen-bond acceptors (Lipinski definition) is 5. The van der Waals surface area contributed by atoms with Gasteiger partial charge in [0.1, 0.15) is 0 Å². The summed E-state index contributed by atoms with van der Waals surface area (Å²) in [5.41, 5.74) is 6.22. The zero-order valence-corrected chi connectivity index (χ0v) is 15.1. The number of piperazine rings is 1. The number of anilines is 1. The summed E-state index contributed by atoms with van der Waals surface area (Å²) in [7, 11) is 0. The highest BCUT2D eigenvalue weighted by Crippen LogP contribution is 2.24. The summed E-state index contributed by atoms with van der Waals surface area (Å²) in [4.78, 5) is 25.5. The fourth-order valence-electron chi connectivity index (χ4n) is 3.93. The van der Waals surface area contributed by atoms with Crippen molar-refractivity contribution in [1.82, 2.24) is 20.2 Å². The Morgan fingerprint density at radius 3 is 2.59 bits per heavy atom. The van der Waals surface area contributed by atoms with Crippen LogP contribution in [0.4, 0.5) is 5.69 Å². The lowest BCUT2D eigenvalue weighted by Crippen LogP contribution is -2.46. The number of carbonyl (C=O) groups excluding carboxylic acids is 1. The SMILES string of the molecule is O=C1NCc2ccc(N3CCN(Cc4ccc5nccnc5c4)CC3)cc21. The number of nitrogens with one attached hydrogen (secondary N) is 1. The van der Waals surface area contributed by atoms with Crippen LogP contribution in [0.5, 0.6) is 0 Å². The maximum Gasteiger partial charge on any atom is 0.251 e. The molecule has 136 valence electrons. The lowest BCUT2D eigenvalue weighted by molar-refractivity contribution is 0.0966. The third-order valence-electron chi connectivity index (χ3n) is 5.45. The van der Waals surface area contributed by atoms with E-state index in [1.807, 2.05) is 12.1 Å². The molecular formula is C21H21N5O. The molecule has 0 atom stereocenters. The summed E-state index contributed by atoms with van der Waals surface area (Å²) < 4.78 is 0. The van der Waals surface area contributed by atoms with Crippen molar-refractivity contribution in [2.75, 3.05) is 31.1 Å². The molecule has 0 radical (unpaired) electrons. The molecule has 2 aliphatic rings. The zero-order chi connectivity index (χ0) is 18.2. The van der Waals surface area contributed by atoms with Gasteiger partial charge in [-0.2, -0.15) is 0 Å². The summed E-state index contributed by atoms with van der Waals surface area (Å²) >= 11 is 0. The van der Waals surface area contributed by atoms with Crippen LogP contribution in [0, 0.1) is 0 Å². The molecular weight excluding hydrogens is 338 g/mol. The average molecular weight is 359 g/mol. The molecule has 2 aliphatic heterocycles. The fraction of sp³-hybridized carbons (Fsp3) is 0.286. The molecule has 6 nitrogen and oxygen atoms in total. The quantitative estimate of drug-likeness (QED) is 0.777. The van der Waals surface area contributed by atoms with E-state index in [-0.39, 0.29) is 5.91 Å². The minimum absolute atomic E-state index is 0.0462. The Hall–Kier alpha value is -2.99. The first kappa shape index (κ1) is 16.2. The van der Waals surface area contributed by atoms with Gasteiger partial charge in [-0.1, -0.05) is 12.1 Å². The van der Waals surface area contributed by atoms with Crippen molar-refractivity contribution in [3.8, 4) is 0 Å². The number of benzene rings is 2. The highest BCUT2D eigenvalue weighted by atomic mass is 16.1. The van der Waals surface area contributed by atoms with Gasteiger partial charge in [0.2, 0.25) is 0 Å². The molecule has 0 saturated carbocycles. The molecule has 3 aromatic rings. The van der Waals surface area contributed by atoms with E-state index in [0.29, 0.717) is 6.54 Å². The van der Waals surface area contributed by atoms with E-state index < -0.39 is 0 Å². The summed E-state index contributed by atoms with van der Waals surface area (Å²) in [6.07, 6.45) is 3.46. The number of aromatic nitrogens is 2. The van der Waals surface area contributed by atoms with Crippen LogP contribution in [0.15, 0.2) is 48.8 Å². The van der Waals surface area contributed by atoms with Crippen LogP contribution in [0.2, 0.25) is 0 Å². The van der Waals surface area contributed by atoms with E-state index in [4.69, 9.17) is 0 Å². The van der Waals surface area contributed by atoms with Gasteiger partial charge < -0.3 is 10.2 Å². The molecule has 1 N–H and O–H groups in total. The van der Waals surface area contributed by atoms with Crippen molar-refractivity contribution in [3.05, 3.63) is 65.5 Å². The Kier molecular flexibility index (Phi) is 3.98. The zero-order valence-electron chi connectivity index (χ0n) is 15.1. The number of nitrogens with zero attached hydrogens (tertiary/aromatic N) is 4. The molecule has 0 aliphatic carbocycles. The maximum atomic E-state index is 11.9. The van der Waals surface area contributed by atoms with Crippen LogP contribution in [0.3, 0.4) is 0 Å². The highest BCUT2D eigenvalue weighted by Gasteiger charge is 2.22. The number of fused-ring (bicyclic) bond motifs is 2. The minimum Gasteiger partial charge on any atom is -0.369 e. The van der Waals surface area contributed by atoms with Crippen LogP contribution in [0.25, 0.3) is 11.0 Å². The van der Waals surface area contributed by atoms with Gasteiger partial charge >= 0.3 is 0 Å². The first-order valence-electron chi connectivity index (χ1n) is 9.34. The molecule has 1 saturated heterocycles. The monoisotopic (exact) mass is 359 g/mol. The van der Waals surface area contributed by atoms with Gasteiger partial charge in [-0.05, 0) is 35.4 Å². The second-order valence-corrected chi connectivity index (χ2v) is 7.17. The molecule has 1 amide bonds. The number of carbonyl (C=O) groups is 1. The normalized spacial score (nSPS) is 17.2. The van der Waals surface area contributed by atoms with Crippen molar-refractivity contribution in [3.63, 3.8) is 0 Å². The van der Waals surface area contributed by atoms with Gasteiger partial charge in [0.25, 0.3) is 5.91 Å². The predicted molar refractivity (Wildman–Crippen MR) is 105 cm³/mol. The first-order valence-corrected chi connectivity index (χ1v) is 9.34. The number of hydrogen-bond donors (Lipinski definition) is 1. The highest BCUT2D eigenvalue weighted by molar-refractivity contribution is 5.99. The Balaban J connectivity index is 1.25. The molecule has 27 heavy (non-hydrogen) atoms. The third-order valence-corrected chi connectivity index (χ3v) is 5.45. The van der Waals surface area contributed by atoms with Crippen molar-refractivity contribution in [1.29, 1.82) is 0 Å². The second kappa shape index (κ2) is 6.63. The Morgan fingerprint density at radius 2 is 1.74 bits per heavy atom. The van der Waals surface area contributed by atoms with E-state index in [2.05, 4.69) is 49.4 Å². The van der Waals surface area contributed by atoms with E-state index in [0.717, 1.165) is 60.6 Å². The Labute approximate surface area is 157 Å². The maximum absolute atomic E-state index is 11.9. The van der Waals surface area contributed by atoms with Crippen LogP contribution in [0.1, 0.15) is 21.5 Å². The van der Waals surface area contributed by atoms with Crippen LogP contribution < -0.4 is 10.2 Å². The Bertz CT molecular complexity index is 1010. The molecule has 3 heterocycles. The molecule has 5 rings (SSSR count). The van der Waals surface area contributed by atoms with E-state index in [1.165, 1.54) is 5.56 Å². The Morgan fingerprint density at radius 1 is 0.926 bits per heavy atom. The fourth-order valence-corrected chi connectivity index (χ4v) is 3.93. The average Bonchev–Trinajstić information content (AvgIpc) is 3.09. The second-order valence-electron chi connectivity index (χ2n) is 7.17. The van der Waals surface area contributed by atoms with Gasteiger partial charge in [-0.25, -0.2) is 0 Å². The van der Waals surface area contributed by atoms with Gasteiger partial charge in [0, 0.05) is 62.9 Å². The van der Waals surface area contributed by atoms with Crippen molar-refractivity contribution < 1.29 is 4.79 Å². The van der Waals surface area contributed by atoms with Crippen LogP contribution >= 0.6 is 0 Å². The molecule has 6 heteroatoms. The third kappa shape index (κ3) is 3.13. The first-order chi connectivity index (χ1) is 13.3. The number of rotatable bonds is 3. The van der Waals surface area contributed by atoms with Crippen molar-refractivity contribution in [2.45, 2.75) is 13.1 Å². The predicted octanol–water partition coefficient (Wildman–Crippen LogP) is 2.20. The molecule has 1 aromatic heterocycles. The standard InChI is InChI=1S/C21H21N5O/c27-21-18-12-17(3-2-16(18)13-24-21)26-9-7-25(8-10-26)14-15-1-4-19-20(11-15)23-6-5-22-19/h1-6,11-12H,7-10,13-14H2,(H,24,27). The van der Waals surface area contributed by atoms with Crippen molar-refractivity contribution in [2.24, 2.45) is 0 Å². The molecule has 0 spiro atoms. The van der Waals surface area contributed by atoms with Crippen LogP contribution in [-0.2, 0) is 13.1 Å². The summed E-state index contributed by atoms with van der Waals surface area (Å²) in [6.45, 7) is 5.51. The summed E-state index contributed by atoms with van der Waals surface area (Å²) in [5.74, 6) is 0.0462. The smallest absolute Gasteiger partial charge is 0.251 e. The molecule has 0 bridgehead atoms. The topological polar surface area (TPSA) is 61.4 Å². The molecule has 1 fully saturated rings.